The normalized spacial score (nSPS) is 13.7. The Balaban J connectivity index is 4.29. The molecule has 0 bridgehead atoms. The van der Waals surface area contributed by atoms with Gasteiger partial charge < -0.3 is 15.8 Å². The second-order valence-electron chi connectivity index (χ2n) is 4.91. The molecule has 0 aliphatic heterocycles. The van der Waals surface area contributed by atoms with Crippen molar-refractivity contribution < 1.29 is 14.3 Å². The van der Waals surface area contributed by atoms with Crippen LogP contribution in [0.2, 0.25) is 0 Å². The Hall–Kier alpha value is -1.10. The molecule has 0 saturated heterocycles. The van der Waals surface area contributed by atoms with E-state index in [1.807, 2.05) is 6.92 Å². The van der Waals surface area contributed by atoms with E-state index in [-0.39, 0.29) is 17.8 Å². The summed E-state index contributed by atoms with van der Waals surface area (Å²) in [5, 5.41) is 2.78. The average Bonchev–Trinajstić information content (AvgIpc) is 2.42. The van der Waals surface area contributed by atoms with Gasteiger partial charge >= 0.3 is 5.97 Å². The number of carbonyl (C=O) groups is 2. The number of methoxy groups -OCH3 is 1. The van der Waals surface area contributed by atoms with Crippen molar-refractivity contribution >= 4 is 11.9 Å². The molecule has 0 radical (unpaired) electrons. The van der Waals surface area contributed by atoms with Gasteiger partial charge in [0.25, 0.3) is 0 Å². The third kappa shape index (κ3) is 7.82. The van der Waals surface area contributed by atoms with Gasteiger partial charge in [0.15, 0.2) is 0 Å². The summed E-state index contributed by atoms with van der Waals surface area (Å²) >= 11 is 0. The third-order valence-corrected chi connectivity index (χ3v) is 3.19. The highest BCUT2D eigenvalue weighted by molar-refractivity contribution is 5.85. The molecule has 0 rings (SSSR count). The topological polar surface area (TPSA) is 81.4 Å². The van der Waals surface area contributed by atoms with Gasteiger partial charge in [-0.1, -0.05) is 26.7 Å². The second kappa shape index (κ2) is 10.8. The summed E-state index contributed by atoms with van der Waals surface area (Å²) in [5.74, 6) is -0.522. The molecule has 1 amide bonds. The minimum atomic E-state index is -0.548. The van der Waals surface area contributed by atoms with Crippen molar-refractivity contribution in [3.8, 4) is 0 Å². The number of esters is 1. The van der Waals surface area contributed by atoms with Crippen molar-refractivity contribution in [3.63, 3.8) is 0 Å². The first kappa shape index (κ1) is 17.9. The number of ether oxygens (including phenoxy) is 1. The first-order valence-corrected chi connectivity index (χ1v) is 7.15. The lowest BCUT2D eigenvalue weighted by Gasteiger charge is -2.19. The van der Waals surface area contributed by atoms with Gasteiger partial charge in [-0.05, 0) is 32.2 Å². The fourth-order valence-corrected chi connectivity index (χ4v) is 1.84. The van der Waals surface area contributed by atoms with Gasteiger partial charge in [-0.25, -0.2) is 4.79 Å². The molecular weight excluding hydrogens is 244 g/mol. The van der Waals surface area contributed by atoms with Crippen molar-refractivity contribution in [1.82, 2.24) is 5.32 Å². The molecule has 19 heavy (non-hydrogen) atoms. The quantitative estimate of drug-likeness (QED) is 0.467. The predicted molar refractivity (Wildman–Crippen MR) is 75.5 cm³/mol. The van der Waals surface area contributed by atoms with E-state index in [0.29, 0.717) is 13.0 Å². The van der Waals surface area contributed by atoms with Crippen LogP contribution in [0.3, 0.4) is 0 Å². The minimum Gasteiger partial charge on any atom is -0.467 e. The molecule has 2 unspecified atom stereocenters. The fourth-order valence-electron chi connectivity index (χ4n) is 1.84. The van der Waals surface area contributed by atoms with E-state index >= 15 is 0 Å². The first-order valence-electron chi connectivity index (χ1n) is 7.15. The molecule has 5 nitrogen and oxygen atoms in total. The number of nitrogens with one attached hydrogen (secondary N) is 1. The van der Waals surface area contributed by atoms with Crippen molar-refractivity contribution in [3.05, 3.63) is 0 Å². The smallest absolute Gasteiger partial charge is 0.328 e. The molecule has 0 aliphatic rings. The number of amides is 1. The summed E-state index contributed by atoms with van der Waals surface area (Å²) in [7, 11) is 1.34. The first-order chi connectivity index (χ1) is 9.06. The van der Waals surface area contributed by atoms with Crippen LogP contribution in [-0.2, 0) is 14.3 Å². The Labute approximate surface area is 116 Å². The molecule has 2 atom stereocenters. The number of carbonyl (C=O) groups excluding carboxylic acids is 2. The van der Waals surface area contributed by atoms with E-state index in [1.54, 1.807) is 0 Å². The maximum Gasteiger partial charge on any atom is 0.328 e. The van der Waals surface area contributed by atoms with Gasteiger partial charge in [-0.2, -0.15) is 0 Å². The van der Waals surface area contributed by atoms with Gasteiger partial charge in [0, 0.05) is 5.92 Å². The second-order valence-corrected chi connectivity index (χ2v) is 4.91. The maximum atomic E-state index is 12.0. The van der Waals surface area contributed by atoms with Gasteiger partial charge in [0.05, 0.1) is 7.11 Å². The van der Waals surface area contributed by atoms with Gasteiger partial charge in [-0.3, -0.25) is 4.79 Å². The van der Waals surface area contributed by atoms with E-state index in [0.717, 1.165) is 32.1 Å². The summed E-state index contributed by atoms with van der Waals surface area (Å²) in [5.41, 5.74) is 5.42. The summed E-state index contributed by atoms with van der Waals surface area (Å²) in [6.07, 6.45) is 5.16. The molecule has 5 heteroatoms. The van der Waals surface area contributed by atoms with Crippen LogP contribution in [0.15, 0.2) is 0 Å². The molecule has 0 aromatic rings. The Bertz CT molecular complexity index is 269. The Morgan fingerprint density at radius 3 is 2.42 bits per heavy atom. The van der Waals surface area contributed by atoms with Crippen LogP contribution in [0, 0.1) is 5.92 Å². The van der Waals surface area contributed by atoms with E-state index in [2.05, 4.69) is 12.2 Å². The molecule has 0 saturated carbocycles. The maximum absolute atomic E-state index is 12.0. The molecule has 112 valence electrons. The largest absolute Gasteiger partial charge is 0.467 e. The summed E-state index contributed by atoms with van der Waals surface area (Å²) in [4.78, 5) is 23.6. The van der Waals surface area contributed by atoms with Crippen LogP contribution >= 0.6 is 0 Å². The summed E-state index contributed by atoms with van der Waals surface area (Å²) in [6.45, 7) is 4.57. The average molecular weight is 272 g/mol. The lowest BCUT2D eigenvalue weighted by atomic mass is 10.0. The number of hydrogen-bond donors (Lipinski definition) is 2. The predicted octanol–water partition coefficient (Wildman–Crippen LogP) is 1.60. The Kier molecular flexibility index (Phi) is 10.2. The number of hydrogen-bond acceptors (Lipinski definition) is 4. The molecular formula is C14H28N2O3. The molecule has 0 aromatic heterocycles. The number of nitrogens with two attached hydrogens (primary N) is 1. The van der Waals surface area contributed by atoms with E-state index in [4.69, 9.17) is 10.5 Å². The van der Waals surface area contributed by atoms with Crippen molar-refractivity contribution in [2.45, 2.75) is 58.4 Å². The molecule has 0 aliphatic carbocycles. The highest BCUT2D eigenvalue weighted by Gasteiger charge is 2.23. The zero-order valence-electron chi connectivity index (χ0n) is 12.4. The Morgan fingerprint density at radius 2 is 1.89 bits per heavy atom. The van der Waals surface area contributed by atoms with Gasteiger partial charge in [-0.15, -0.1) is 0 Å². The SMILES string of the molecule is CCCCC(C)C(=O)NC(CCCCN)C(=O)OC. The van der Waals surface area contributed by atoms with Crippen molar-refractivity contribution in [1.29, 1.82) is 0 Å². The van der Waals surface area contributed by atoms with Gasteiger partial charge in [0.2, 0.25) is 5.91 Å². The number of rotatable bonds is 10. The molecule has 0 fully saturated rings. The molecule has 0 heterocycles. The van der Waals surface area contributed by atoms with Crippen LogP contribution in [0.25, 0.3) is 0 Å². The van der Waals surface area contributed by atoms with E-state index in [1.165, 1.54) is 7.11 Å². The molecule has 0 aromatic carbocycles. The lowest BCUT2D eigenvalue weighted by Crippen LogP contribution is -2.43. The van der Waals surface area contributed by atoms with Crippen molar-refractivity contribution in [2.75, 3.05) is 13.7 Å². The zero-order valence-corrected chi connectivity index (χ0v) is 12.4. The third-order valence-electron chi connectivity index (χ3n) is 3.19. The molecule has 0 spiro atoms. The number of unbranched alkanes of at least 4 members (excludes halogenated alkanes) is 2. The van der Waals surface area contributed by atoms with Gasteiger partial charge in [0.1, 0.15) is 6.04 Å². The van der Waals surface area contributed by atoms with Crippen LogP contribution < -0.4 is 11.1 Å². The van der Waals surface area contributed by atoms with Crippen LogP contribution in [0.1, 0.15) is 52.4 Å². The highest BCUT2D eigenvalue weighted by Crippen LogP contribution is 2.09. The van der Waals surface area contributed by atoms with Crippen LogP contribution in [-0.4, -0.2) is 31.6 Å². The van der Waals surface area contributed by atoms with E-state index < -0.39 is 6.04 Å². The standard InChI is InChI=1S/C14H28N2O3/c1-4-5-8-11(2)13(17)16-12(14(18)19-3)9-6-7-10-15/h11-12H,4-10,15H2,1-3H3,(H,16,17). The fraction of sp³-hybridized carbons (Fsp3) is 0.857. The molecule has 3 N–H and O–H groups in total. The zero-order chi connectivity index (χ0) is 14.7. The Morgan fingerprint density at radius 1 is 1.21 bits per heavy atom. The monoisotopic (exact) mass is 272 g/mol. The van der Waals surface area contributed by atoms with E-state index in [9.17, 15) is 9.59 Å². The lowest BCUT2D eigenvalue weighted by molar-refractivity contribution is -0.145. The minimum absolute atomic E-state index is 0.0679. The van der Waals surface area contributed by atoms with Crippen LogP contribution in [0.4, 0.5) is 0 Å². The van der Waals surface area contributed by atoms with Crippen molar-refractivity contribution in [2.24, 2.45) is 11.7 Å². The highest BCUT2D eigenvalue weighted by atomic mass is 16.5. The summed E-state index contributed by atoms with van der Waals surface area (Å²) < 4.78 is 4.72. The summed E-state index contributed by atoms with van der Waals surface area (Å²) in [6, 6.07) is -0.548. The van der Waals surface area contributed by atoms with Crippen LogP contribution in [0.5, 0.6) is 0 Å².